The highest BCUT2D eigenvalue weighted by atomic mass is 32.1. The van der Waals surface area contributed by atoms with E-state index in [-0.39, 0.29) is 17.5 Å². The van der Waals surface area contributed by atoms with Crippen molar-refractivity contribution in [3.05, 3.63) is 57.5 Å². The molecule has 31 heavy (non-hydrogen) atoms. The molecule has 7 nitrogen and oxygen atoms in total. The van der Waals surface area contributed by atoms with E-state index in [9.17, 15) is 14.7 Å². The van der Waals surface area contributed by atoms with Gasteiger partial charge in [-0.2, -0.15) is 0 Å². The van der Waals surface area contributed by atoms with Crippen LogP contribution in [0.1, 0.15) is 41.5 Å². The predicted molar refractivity (Wildman–Crippen MR) is 118 cm³/mol. The number of ether oxygens (including phenoxy) is 3. The minimum atomic E-state index is -0.735. The number of amides is 1. The van der Waals surface area contributed by atoms with E-state index in [1.807, 2.05) is 13.8 Å². The SMILES string of the molecule is COc1ccc([C@H]2C(C(=O)c3cccs3)=C(O)C(=O)N2CCCOC(C)C)cc1OC. The Kier molecular flexibility index (Phi) is 7.35. The lowest BCUT2D eigenvalue weighted by molar-refractivity contribution is -0.129. The van der Waals surface area contributed by atoms with E-state index in [1.165, 1.54) is 30.5 Å². The fourth-order valence-corrected chi connectivity index (χ4v) is 4.26. The van der Waals surface area contributed by atoms with Crippen LogP contribution in [0.5, 0.6) is 11.5 Å². The molecule has 2 aromatic rings. The van der Waals surface area contributed by atoms with Crippen LogP contribution in [0.2, 0.25) is 0 Å². The van der Waals surface area contributed by atoms with Gasteiger partial charge < -0.3 is 24.2 Å². The molecule has 0 saturated heterocycles. The number of Topliss-reactive ketones (excluding diaryl/α,β-unsaturated/α-hetero) is 1. The quantitative estimate of drug-likeness (QED) is 0.437. The van der Waals surface area contributed by atoms with Gasteiger partial charge in [0, 0.05) is 13.2 Å². The number of aliphatic hydroxyl groups excluding tert-OH is 1. The highest BCUT2D eigenvalue weighted by molar-refractivity contribution is 7.12. The number of nitrogens with zero attached hydrogens (tertiary/aromatic N) is 1. The molecule has 2 heterocycles. The summed E-state index contributed by atoms with van der Waals surface area (Å²) in [6.07, 6.45) is 0.653. The van der Waals surface area contributed by atoms with Gasteiger partial charge in [0.05, 0.1) is 36.8 Å². The maximum atomic E-state index is 13.2. The van der Waals surface area contributed by atoms with Gasteiger partial charge in [-0.1, -0.05) is 12.1 Å². The maximum absolute atomic E-state index is 13.2. The highest BCUT2D eigenvalue weighted by Gasteiger charge is 2.44. The Balaban J connectivity index is 2.00. The molecule has 0 saturated carbocycles. The molecule has 0 unspecified atom stereocenters. The van der Waals surface area contributed by atoms with Gasteiger partial charge in [0.25, 0.3) is 5.91 Å². The largest absolute Gasteiger partial charge is 0.503 e. The van der Waals surface area contributed by atoms with Crippen LogP contribution in [0, 0.1) is 0 Å². The second-order valence-electron chi connectivity index (χ2n) is 7.36. The van der Waals surface area contributed by atoms with Gasteiger partial charge in [-0.15, -0.1) is 11.3 Å². The fourth-order valence-electron chi connectivity index (χ4n) is 3.58. The van der Waals surface area contributed by atoms with E-state index < -0.39 is 17.7 Å². The maximum Gasteiger partial charge on any atom is 0.290 e. The Bertz CT molecular complexity index is 966. The molecule has 1 aliphatic rings. The molecule has 1 aliphatic heterocycles. The first-order valence-corrected chi connectivity index (χ1v) is 10.9. The summed E-state index contributed by atoms with van der Waals surface area (Å²) >= 11 is 1.27. The Morgan fingerprint density at radius 1 is 1.19 bits per heavy atom. The molecule has 0 aliphatic carbocycles. The van der Waals surface area contributed by atoms with Gasteiger partial charge in [0.2, 0.25) is 5.78 Å². The Labute approximate surface area is 185 Å². The summed E-state index contributed by atoms with van der Waals surface area (Å²) in [6, 6.07) is 7.94. The molecular formula is C23H27NO6S. The lowest BCUT2D eigenvalue weighted by atomic mass is 9.95. The van der Waals surface area contributed by atoms with Crippen LogP contribution in [0.4, 0.5) is 0 Å². The van der Waals surface area contributed by atoms with Gasteiger partial charge in [-0.3, -0.25) is 9.59 Å². The van der Waals surface area contributed by atoms with Gasteiger partial charge in [-0.25, -0.2) is 0 Å². The number of hydrogen-bond donors (Lipinski definition) is 1. The van der Waals surface area contributed by atoms with Crippen molar-refractivity contribution in [1.29, 1.82) is 0 Å². The van der Waals surface area contributed by atoms with Gasteiger partial charge in [0.15, 0.2) is 17.3 Å². The number of rotatable bonds is 10. The zero-order chi connectivity index (χ0) is 22.5. The van der Waals surface area contributed by atoms with E-state index in [4.69, 9.17) is 14.2 Å². The zero-order valence-electron chi connectivity index (χ0n) is 18.1. The third-order valence-electron chi connectivity index (χ3n) is 5.01. The van der Waals surface area contributed by atoms with E-state index in [0.717, 1.165) is 0 Å². The average Bonchev–Trinajstić information content (AvgIpc) is 3.38. The lowest BCUT2D eigenvalue weighted by Gasteiger charge is -2.27. The first kappa shape index (κ1) is 22.8. The van der Waals surface area contributed by atoms with E-state index in [0.29, 0.717) is 41.5 Å². The molecule has 8 heteroatoms. The van der Waals surface area contributed by atoms with E-state index >= 15 is 0 Å². The number of benzene rings is 1. The third kappa shape index (κ3) is 4.75. The van der Waals surface area contributed by atoms with Crippen LogP contribution in [0.15, 0.2) is 47.0 Å². The fraction of sp³-hybridized carbons (Fsp3) is 0.391. The number of carbonyl (C=O) groups is 2. The van der Waals surface area contributed by atoms with Gasteiger partial charge in [0.1, 0.15) is 0 Å². The smallest absolute Gasteiger partial charge is 0.290 e. The summed E-state index contributed by atoms with van der Waals surface area (Å²) < 4.78 is 16.3. The summed E-state index contributed by atoms with van der Waals surface area (Å²) in [5.74, 6) is -0.426. The molecule has 1 aromatic heterocycles. The van der Waals surface area contributed by atoms with E-state index in [2.05, 4.69) is 0 Å². The second-order valence-corrected chi connectivity index (χ2v) is 8.31. The minimum Gasteiger partial charge on any atom is -0.503 e. The molecule has 166 valence electrons. The van der Waals surface area contributed by atoms with Gasteiger partial charge in [-0.05, 0) is 49.4 Å². The van der Waals surface area contributed by atoms with Crippen LogP contribution in [0.25, 0.3) is 0 Å². The zero-order valence-corrected chi connectivity index (χ0v) is 18.9. The van der Waals surface area contributed by atoms with Crippen LogP contribution in [0.3, 0.4) is 0 Å². The first-order chi connectivity index (χ1) is 14.9. The van der Waals surface area contributed by atoms with Crippen LogP contribution < -0.4 is 9.47 Å². The van der Waals surface area contributed by atoms with Crippen molar-refractivity contribution in [2.24, 2.45) is 0 Å². The Morgan fingerprint density at radius 3 is 2.55 bits per heavy atom. The molecule has 0 spiro atoms. The standard InChI is InChI=1S/C23H27NO6S/c1-14(2)30-11-6-10-24-20(15-8-9-16(28-3)17(13-15)29-4)19(22(26)23(24)27)21(25)18-7-5-12-31-18/h5,7-9,12-14,20,26H,6,10-11H2,1-4H3/t20-/m0/s1. The molecule has 1 N–H and O–H groups in total. The monoisotopic (exact) mass is 445 g/mol. The summed E-state index contributed by atoms with van der Waals surface area (Å²) in [4.78, 5) is 28.2. The van der Waals surface area contributed by atoms with E-state index in [1.54, 1.807) is 35.7 Å². The number of hydrogen-bond acceptors (Lipinski definition) is 7. The topological polar surface area (TPSA) is 85.3 Å². The molecular weight excluding hydrogens is 418 g/mol. The van der Waals surface area contributed by atoms with Crippen LogP contribution in [-0.4, -0.2) is 55.2 Å². The number of thiophene rings is 1. The molecule has 1 aromatic carbocycles. The molecule has 0 bridgehead atoms. The minimum absolute atomic E-state index is 0.0736. The summed E-state index contributed by atoms with van der Waals surface area (Å²) in [5.41, 5.74) is 0.726. The molecule has 3 rings (SSSR count). The average molecular weight is 446 g/mol. The number of carbonyl (C=O) groups excluding carboxylic acids is 2. The van der Waals surface area contributed by atoms with Crippen molar-refractivity contribution < 1.29 is 28.9 Å². The molecule has 1 atom stereocenters. The third-order valence-corrected chi connectivity index (χ3v) is 5.88. The van der Waals surface area contributed by atoms with Crippen molar-refractivity contribution in [2.45, 2.75) is 32.4 Å². The van der Waals surface area contributed by atoms with Crippen molar-refractivity contribution in [2.75, 3.05) is 27.4 Å². The lowest BCUT2D eigenvalue weighted by Crippen LogP contribution is -2.32. The molecule has 0 fully saturated rings. The second kappa shape index (κ2) is 9.98. The van der Waals surface area contributed by atoms with Crippen molar-refractivity contribution in [3.63, 3.8) is 0 Å². The van der Waals surface area contributed by atoms with Crippen molar-refractivity contribution in [1.82, 2.24) is 4.90 Å². The normalized spacial score (nSPS) is 16.4. The predicted octanol–water partition coefficient (Wildman–Crippen LogP) is 4.16. The van der Waals surface area contributed by atoms with Crippen LogP contribution >= 0.6 is 11.3 Å². The molecule has 0 radical (unpaired) electrons. The Hall–Kier alpha value is -2.84. The number of aliphatic hydroxyl groups is 1. The summed E-state index contributed by atoms with van der Waals surface area (Å²) in [7, 11) is 3.06. The summed E-state index contributed by atoms with van der Waals surface area (Å²) in [6.45, 7) is 4.68. The Morgan fingerprint density at radius 2 is 1.94 bits per heavy atom. The first-order valence-electron chi connectivity index (χ1n) is 10.0. The molecule has 1 amide bonds. The van der Waals surface area contributed by atoms with Crippen LogP contribution in [-0.2, 0) is 9.53 Å². The number of ketones is 1. The highest BCUT2D eigenvalue weighted by Crippen LogP contribution is 2.42. The number of methoxy groups -OCH3 is 2. The van der Waals surface area contributed by atoms with Gasteiger partial charge >= 0.3 is 0 Å². The summed E-state index contributed by atoms with van der Waals surface area (Å²) in [5, 5.41) is 12.5. The van der Waals surface area contributed by atoms with Crippen molar-refractivity contribution >= 4 is 23.0 Å². The van der Waals surface area contributed by atoms with Crippen molar-refractivity contribution in [3.8, 4) is 11.5 Å².